The molecule has 1 spiro atoms. The molecule has 2 aromatic rings. The monoisotopic (exact) mass is 381 g/mol. The second-order valence-electron chi connectivity index (χ2n) is 8.27. The van der Waals surface area contributed by atoms with Crippen molar-refractivity contribution in [1.82, 2.24) is 19.9 Å². The molecule has 2 fully saturated rings. The molecule has 0 radical (unpaired) electrons. The summed E-state index contributed by atoms with van der Waals surface area (Å²) in [6.07, 6.45) is 7.84. The molecule has 148 valence electrons. The number of fused-ring (bicyclic) bond motifs is 2. The van der Waals surface area contributed by atoms with Crippen LogP contribution in [-0.4, -0.2) is 59.2 Å². The Kier molecular flexibility index (Phi) is 4.64. The molecule has 0 amide bonds. The lowest BCUT2D eigenvalue weighted by Crippen LogP contribution is -2.45. The molecule has 5 rings (SSSR count). The third kappa shape index (κ3) is 3.22. The number of aromatic nitrogens is 3. The van der Waals surface area contributed by atoms with Crippen molar-refractivity contribution in [3.63, 3.8) is 0 Å². The van der Waals surface area contributed by atoms with Gasteiger partial charge in [0, 0.05) is 49.6 Å². The van der Waals surface area contributed by atoms with Gasteiger partial charge in [-0.1, -0.05) is 0 Å². The summed E-state index contributed by atoms with van der Waals surface area (Å²) in [5.41, 5.74) is 3.31. The molecule has 1 unspecified atom stereocenters. The van der Waals surface area contributed by atoms with E-state index in [1.165, 1.54) is 5.56 Å². The third-order valence-electron chi connectivity index (χ3n) is 6.48. The van der Waals surface area contributed by atoms with Crippen LogP contribution in [0, 0.1) is 0 Å². The van der Waals surface area contributed by atoms with Gasteiger partial charge in [0.1, 0.15) is 0 Å². The molecular weight excluding hydrogens is 354 g/mol. The lowest BCUT2D eigenvalue weighted by molar-refractivity contribution is 0.121. The first kappa shape index (κ1) is 17.8. The van der Waals surface area contributed by atoms with E-state index >= 15 is 0 Å². The molecular formula is C21H27N5O2. The van der Waals surface area contributed by atoms with E-state index in [0.29, 0.717) is 13.2 Å². The summed E-state index contributed by atoms with van der Waals surface area (Å²) >= 11 is 0. The van der Waals surface area contributed by atoms with Gasteiger partial charge in [-0.05, 0) is 49.9 Å². The Morgan fingerprint density at radius 1 is 1.14 bits per heavy atom. The van der Waals surface area contributed by atoms with Gasteiger partial charge in [0.25, 0.3) is 5.56 Å². The van der Waals surface area contributed by atoms with Crippen molar-refractivity contribution >= 4 is 5.95 Å². The molecule has 7 heteroatoms. The number of H-pyrrole nitrogens is 1. The topological polar surface area (TPSA) is 74.3 Å². The van der Waals surface area contributed by atoms with E-state index in [1.807, 2.05) is 12.4 Å². The van der Waals surface area contributed by atoms with Gasteiger partial charge in [-0.15, -0.1) is 0 Å². The van der Waals surface area contributed by atoms with E-state index in [1.54, 1.807) is 0 Å². The van der Waals surface area contributed by atoms with E-state index < -0.39 is 0 Å². The van der Waals surface area contributed by atoms with Crippen LogP contribution >= 0.6 is 0 Å². The van der Waals surface area contributed by atoms with Crippen LogP contribution in [0.25, 0.3) is 0 Å². The van der Waals surface area contributed by atoms with Crippen molar-refractivity contribution in [3.8, 4) is 0 Å². The van der Waals surface area contributed by atoms with Gasteiger partial charge in [0.15, 0.2) is 0 Å². The summed E-state index contributed by atoms with van der Waals surface area (Å²) in [4.78, 5) is 29.7. The number of pyridine rings is 1. The molecule has 7 nitrogen and oxygen atoms in total. The Morgan fingerprint density at radius 2 is 1.96 bits per heavy atom. The average molecular weight is 381 g/mol. The number of nitrogens with one attached hydrogen (secondary N) is 1. The Balaban J connectivity index is 1.44. The number of hydrogen-bond acceptors (Lipinski definition) is 6. The van der Waals surface area contributed by atoms with Gasteiger partial charge in [0.05, 0.1) is 18.9 Å². The second kappa shape index (κ2) is 7.29. The van der Waals surface area contributed by atoms with Crippen LogP contribution in [0.2, 0.25) is 0 Å². The zero-order valence-electron chi connectivity index (χ0n) is 16.2. The SMILES string of the molecule is O=c1[nH]c(N2CCOCC2)nc2c1CCC21CCCN(Cc2ccncc2)C1. The summed E-state index contributed by atoms with van der Waals surface area (Å²) < 4.78 is 5.45. The van der Waals surface area contributed by atoms with Crippen molar-refractivity contribution in [3.05, 3.63) is 51.7 Å². The molecule has 28 heavy (non-hydrogen) atoms. The molecule has 3 aliphatic rings. The normalized spacial score (nSPS) is 25.2. The summed E-state index contributed by atoms with van der Waals surface area (Å²) in [6.45, 7) is 5.93. The second-order valence-corrected chi connectivity index (χ2v) is 8.27. The van der Waals surface area contributed by atoms with E-state index in [4.69, 9.17) is 9.72 Å². The highest BCUT2D eigenvalue weighted by Crippen LogP contribution is 2.43. The highest BCUT2D eigenvalue weighted by atomic mass is 16.5. The molecule has 0 aromatic carbocycles. The lowest BCUT2D eigenvalue weighted by atomic mass is 9.77. The molecule has 1 atom stereocenters. The minimum Gasteiger partial charge on any atom is -0.378 e. The molecule has 2 aromatic heterocycles. The van der Waals surface area contributed by atoms with E-state index in [0.717, 1.165) is 75.6 Å². The van der Waals surface area contributed by atoms with Crippen LogP contribution in [0.1, 0.15) is 36.1 Å². The van der Waals surface area contributed by atoms with Gasteiger partial charge in [-0.2, -0.15) is 0 Å². The quantitative estimate of drug-likeness (QED) is 0.868. The van der Waals surface area contributed by atoms with Crippen LogP contribution in [0.5, 0.6) is 0 Å². The Labute approximate surface area is 164 Å². The standard InChI is InChI=1S/C21H27N5O2/c27-19-17-2-6-21(18(17)23-20(24-19)26-10-12-28-13-11-26)5-1-9-25(15-21)14-16-3-7-22-8-4-16/h3-4,7-8H,1-2,5-6,9-15H2,(H,23,24,27). The molecule has 2 saturated heterocycles. The van der Waals surface area contributed by atoms with Crippen molar-refractivity contribution < 1.29 is 4.74 Å². The summed E-state index contributed by atoms with van der Waals surface area (Å²) in [6, 6.07) is 4.17. The number of morpholine rings is 1. The van der Waals surface area contributed by atoms with Gasteiger partial charge >= 0.3 is 0 Å². The number of piperidine rings is 1. The summed E-state index contributed by atoms with van der Waals surface area (Å²) in [7, 11) is 0. The van der Waals surface area contributed by atoms with Gasteiger partial charge in [-0.25, -0.2) is 4.98 Å². The van der Waals surface area contributed by atoms with Crippen LogP contribution in [0.15, 0.2) is 29.3 Å². The third-order valence-corrected chi connectivity index (χ3v) is 6.48. The highest BCUT2D eigenvalue weighted by molar-refractivity contribution is 5.40. The Morgan fingerprint density at radius 3 is 2.79 bits per heavy atom. The molecule has 1 aliphatic carbocycles. The maximum atomic E-state index is 12.8. The smallest absolute Gasteiger partial charge is 0.255 e. The van der Waals surface area contributed by atoms with Gasteiger partial charge in [-0.3, -0.25) is 19.7 Å². The van der Waals surface area contributed by atoms with E-state index in [9.17, 15) is 4.79 Å². The van der Waals surface area contributed by atoms with Crippen LogP contribution in [-0.2, 0) is 23.1 Å². The zero-order valence-corrected chi connectivity index (χ0v) is 16.2. The van der Waals surface area contributed by atoms with Crippen molar-refractivity contribution in [2.45, 2.75) is 37.6 Å². The van der Waals surface area contributed by atoms with Crippen molar-refractivity contribution in [2.75, 3.05) is 44.3 Å². The number of hydrogen-bond donors (Lipinski definition) is 1. The molecule has 2 aliphatic heterocycles. The minimum absolute atomic E-state index is 0.00983. The van der Waals surface area contributed by atoms with Crippen molar-refractivity contribution in [1.29, 1.82) is 0 Å². The predicted octanol–water partition coefficient (Wildman–Crippen LogP) is 1.48. The van der Waals surface area contributed by atoms with Crippen LogP contribution < -0.4 is 10.5 Å². The molecule has 0 saturated carbocycles. The molecule has 0 bridgehead atoms. The van der Waals surface area contributed by atoms with Crippen molar-refractivity contribution in [2.24, 2.45) is 0 Å². The number of likely N-dealkylation sites (tertiary alicyclic amines) is 1. The fourth-order valence-electron chi connectivity index (χ4n) is 5.07. The van der Waals surface area contributed by atoms with Crippen LogP contribution in [0.4, 0.5) is 5.95 Å². The number of anilines is 1. The largest absolute Gasteiger partial charge is 0.378 e. The molecule has 4 heterocycles. The van der Waals surface area contributed by atoms with E-state index in [2.05, 4.69) is 31.9 Å². The maximum Gasteiger partial charge on any atom is 0.255 e. The Hall–Kier alpha value is -2.25. The fourth-order valence-corrected chi connectivity index (χ4v) is 5.07. The molecule has 1 N–H and O–H groups in total. The predicted molar refractivity (Wildman–Crippen MR) is 107 cm³/mol. The first-order valence-corrected chi connectivity index (χ1v) is 10.3. The average Bonchev–Trinajstić information content (AvgIpc) is 3.08. The number of aromatic amines is 1. The minimum atomic E-state index is 0.00983. The van der Waals surface area contributed by atoms with Gasteiger partial charge < -0.3 is 9.64 Å². The van der Waals surface area contributed by atoms with Crippen LogP contribution in [0.3, 0.4) is 0 Å². The number of nitrogens with zero attached hydrogens (tertiary/aromatic N) is 4. The van der Waals surface area contributed by atoms with Gasteiger partial charge in [0.2, 0.25) is 5.95 Å². The zero-order chi connectivity index (χ0) is 19.0. The first-order valence-electron chi connectivity index (χ1n) is 10.3. The number of rotatable bonds is 3. The fraction of sp³-hybridized carbons (Fsp3) is 0.571. The first-order chi connectivity index (χ1) is 13.7. The maximum absolute atomic E-state index is 12.8. The lowest BCUT2D eigenvalue weighted by Gasteiger charge is -2.41. The summed E-state index contributed by atoms with van der Waals surface area (Å²) in [5, 5.41) is 0. The number of ether oxygens (including phenoxy) is 1. The highest BCUT2D eigenvalue weighted by Gasteiger charge is 2.44. The van der Waals surface area contributed by atoms with E-state index in [-0.39, 0.29) is 11.0 Å². The Bertz CT molecular complexity index is 893. The summed E-state index contributed by atoms with van der Waals surface area (Å²) in [5.74, 6) is 0.722.